The van der Waals surface area contributed by atoms with Gasteiger partial charge in [-0.05, 0) is 17.7 Å². The van der Waals surface area contributed by atoms with Crippen LogP contribution >= 0.6 is 0 Å². The first-order valence-corrected chi connectivity index (χ1v) is 4.73. The van der Waals surface area contributed by atoms with Gasteiger partial charge in [-0.15, -0.1) is 0 Å². The SMILES string of the molecule is O=CCC=Cc1ccc2c(c1)C(=O)OC2=O. The molecule has 2 rings (SSSR count). The van der Waals surface area contributed by atoms with Crippen LogP contribution in [-0.2, 0) is 9.53 Å². The molecule has 0 saturated carbocycles. The first-order valence-electron chi connectivity index (χ1n) is 4.73. The lowest BCUT2D eigenvalue weighted by Gasteiger charge is -1.95. The van der Waals surface area contributed by atoms with Crippen molar-refractivity contribution in [2.75, 3.05) is 0 Å². The summed E-state index contributed by atoms with van der Waals surface area (Å²) in [6, 6.07) is 4.81. The molecule has 0 unspecified atom stereocenters. The number of ether oxygens (including phenoxy) is 1. The molecule has 0 N–H and O–H groups in total. The molecule has 0 bridgehead atoms. The number of rotatable bonds is 3. The summed E-state index contributed by atoms with van der Waals surface area (Å²) >= 11 is 0. The van der Waals surface area contributed by atoms with Crippen LogP contribution in [0.1, 0.15) is 32.7 Å². The van der Waals surface area contributed by atoms with Crippen LogP contribution in [0.15, 0.2) is 24.3 Å². The zero-order chi connectivity index (χ0) is 11.5. The van der Waals surface area contributed by atoms with Gasteiger partial charge >= 0.3 is 11.9 Å². The predicted octanol–water partition coefficient (Wildman–Crippen LogP) is 1.60. The average Bonchev–Trinajstić information content (AvgIpc) is 2.55. The Morgan fingerprint density at radius 3 is 2.62 bits per heavy atom. The molecule has 0 fully saturated rings. The van der Waals surface area contributed by atoms with Crippen molar-refractivity contribution < 1.29 is 19.1 Å². The van der Waals surface area contributed by atoms with Crippen molar-refractivity contribution in [1.29, 1.82) is 0 Å². The lowest BCUT2D eigenvalue weighted by molar-refractivity contribution is -0.107. The Labute approximate surface area is 91.5 Å². The summed E-state index contributed by atoms with van der Waals surface area (Å²) < 4.78 is 4.45. The van der Waals surface area contributed by atoms with E-state index in [1.807, 2.05) is 0 Å². The van der Waals surface area contributed by atoms with Gasteiger partial charge in [0.25, 0.3) is 0 Å². The Morgan fingerprint density at radius 1 is 1.12 bits per heavy atom. The van der Waals surface area contributed by atoms with Gasteiger partial charge in [-0.3, -0.25) is 0 Å². The molecule has 0 spiro atoms. The molecular formula is C12H8O4. The van der Waals surface area contributed by atoms with E-state index in [-0.39, 0.29) is 11.1 Å². The number of fused-ring (bicyclic) bond motifs is 1. The molecule has 1 aliphatic rings. The van der Waals surface area contributed by atoms with Gasteiger partial charge < -0.3 is 9.53 Å². The number of carbonyl (C=O) groups is 3. The molecule has 16 heavy (non-hydrogen) atoms. The molecule has 80 valence electrons. The smallest absolute Gasteiger partial charge is 0.346 e. The zero-order valence-corrected chi connectivity index (χ0v) is 8.30. The van der Waals surface area contributed by atoms with Crippen molar-refractivity contribution >= 4 is 24.3 Å². The fourth-order valence-corrected chi connectivity index (χ4v) is 1.47. The van der Waals surface area contributed by atoms with Crippen molar-refractivity contribution in [2.45, 2.75) is 6.42 Å². The van der Waals surface area contributed by atoms with E-state index in [2.05, 4.69) is 4.74 Å². The van der Waals surface area contributed by atoms with Crippen molar-refractivity contribution in [3.8, 4) is 0 Å². The summed E-state index contributed by atoms with van der Waals surface area (Å²) in [4.78, 5) is 32.5. The summed E-state index contributed by atoms with van der Waals surface area (Å²) in [5.41, 5.74) is 1.32. The maximum absolute atomic E-state index is 11.2. The molecule has 1 heterocycles. The van der Waals surface area contributed by atoms with Crippen LogP contribution in [0.4, 0.5) is 0 Å². The summed E-state index contributed by atoms with van der Waals surface area (Å²) in [6.45, 7) is 0. The highest BCUT2D eigenvalue weighted by molar-refractivity contribution is 6.14. The molecule has 0 atom stereocenters. The molecule has 0 amide bonds. The number of benzene rings is 1. The van der Waals surface area contributed by atoms with Crippen LogP contribution in [0.5, 0.6) is 0 Å². The van der Waals surface area contributed by atoms with Crippen LogP contribution < -0.4 is 0 Å². The minimum absolute atomic E-state index is 0.276. The van der Waals surface area contributed by atoms with E-state index in [4.69, 9.17) is 0 Å². The Kier molecular flexibility index (Phi) is 2.64. The van der Waals surface area contributed by atoms with E-state index in [0.29, 0.717) is 6.42 Å². The molecule has 0 aliphatic carbocycles. The van der Waals surface area contributed by atoms with E-state index < -0.39 is 11.9 Å². The number of hydrogen-bond donors (Lipinski definition) is 0. The molecule has 0 saturated heterocycles. The Hall–Kier alpha value is -2.23. The van der Waals surface area contributed by atoms with E-state index in [9.17, 15) is 14.4 Å². The summed E-state index contributed by atoms with van der Waals surface area (Å²) in [6.07, 6.45) is 4.49. The second-order valence-corrected chi connectivity index (χ2v) is 3.29. The van der Waals surface area contributed by atoms with Gasteiger partial charge in [0.15, 0.2) is 0 Å². The van der Waals surface area contributed by atoms with Gasteiger partial charge in [0.05, 0.1) is 11.1 Å². The maximum Gasteiger partial charge on any atom is 0.346 e. The van der Waals surface area contributed by atoms with Gasteiger partial charge in [0.2, 0.25) is 0 Å². The van der Waals surface area contributed by atoms with E-state index in [1.165, 1.54) is 0 Å². The van der Waals surface area contributed by atoms with Crippen LogP contribution in [-0.4, -0.2) is 18.2 Å². The number of allylic oxidation sites excluding steroid dienone is 1. The van der Waals surface area contributed by atoms with Crippen molar-refractivity contribution in [3.05, 3.63) is 41.0 Å². The number of esters is 2. The third-order valence-corrected chi connectivity index (χ3v) is 2.21. The minimum Gasteiger partial charge on any atom is -0.386 e. The van der Waals surface area contributed by atoms with Crippen molar-refractivity contribution in [2.24, 2.45) is 0 Å². The predicted molar refractivity (Wildman–Crippen MR) is 55.9 cm³/mol. The number of aldehydes is 1. The Balaban J connectivity index is 2.33. The lowest BCUT2D eigenvalue weighted by atomic mass is 10.1. The molecular weight excluding hydrogens is 208 g/mol. The fraction of sp³-hybridized carbons (Fsp3) is 0.0833. The molecule has 4 nitrogen and oxygen atoms in total. The Morgan fingerprint density at radius 2 is 1.88 bits per heavy atom. The first-order chi connectivity index (χ1) is 7.72. The number of carbonyl (C=O) groups excluding carboxylic acids is 3. The molecule has 4 heteroatoms. The quantitative estimate of drug-likeness (QED) is 0.437. The maximum atomic E-state index is 11.2. The van der Waals surface area contributed by atoms with Gasteiger partial charge in [-0.2, -0.15) is 0 Å². The van der Waals surface area contributed by atoms with Gasteiger partial charge in [0.1, 0.15) is 6.29 Å². The summed E-state index contributed by atoms with van der Waals surface area (Å²) in [5.74, 6) is -1.23. The molecule has 0 radical (unpaired) electrons. The zero-order valence-electron chi connectivity index (χ0n) is 8.30. The Bertz CT molecular complexity index is 500. The molecule has 1 aliphatic heterocycles. The van der Waals surface area contributed by atoms with Crippen molar-refractivity contribution in [1.82, 2.24) is 0 Å². The highest BCUT2D eigenvalue weighted by atomic mass is 16.6. The topological polar surface area (TPSA) is 60.4 Å². The molecule has 0 aromatic heterocycles. The third-order valence-electron chi connectivity index (χ3n) is 2.21. The first kappa shape index (κ1) is 10.3. The van der Waals surface area contributed by atoms with Gasteiger partial charge in [-0.1, -0.05) is 18.2 Å². The summed E-state index contributed by atoms with van der Waals surface area (Å²) in [7, 11) is 0. The van der Waals surface area contributed by atoms with Crippen LogP contribution in [0, 0.1) is 0 Å². The van der Waals surface area contributed by atoms with Crippen LogP contribution in [0.25, 0.3) is 6.08 Å². The van der Waals surface area contributed by atoms with Gasteiger partial charge in [0, 0.05) is 6.42 Å². The van der Waals surface area contributed by atoms with Crippen LogP contribution in [0.2, 0.25) is 0 Å². The van der Waals surface area contributed by atoms with E-state index in [1.54, 1.807) is 30.4 Å². The normalized spacial score (nSPS) is 14.0. The highest BCUT2D eigenvalue weighted by Gasteiger charge is 2.29. The molecule has 1 aromatic rings. The average molecular weight is 216 g/mol. The summed E-state index contributed by atoms with van der Waals surface area (Å²) in [5, 5.41) is 0. The third kappa shape index (κ3) is 1.77. The van der Waals surface area contributed by atoms with Crippen LogP contribution in [0.3, 0.4) is 0 Å². The van der Waals surface area contributed by atoms with E-state index >= 15 is 0 Å². The van der Waals surface area contributed by atoms with E-state index in [0.717, 1.165) is 11.8 Å². The molecule has 1 aromatic carbocycles. The van der Waals surface area contributed by atoms with Gasteiger partial charge in [-0.25, -0.2) is 9.59 Å². The lowest BCUT2D eigenvalue weighted by Crippen LogP contribution is -1.96. The highest BCUT2D eigenvalue weighted by Crippen LogP contribution is 2.21. The second-order valence-electron chi connectivity index (χ2n) is 3.29. The monoisotopic (exact) mass is 216 g/mol. The second kappa shape index (κ2) is 4.10. The minimum atomic E-state index is -0.620. The van der Waals surface area contributed by atoms with Crippen molar-refractivity contribution in [3.63, 3.8) is 0 Å². The number of cyclic esters (lactones) is 2. The standard InChI is InChI=1S/C12H8O4/c13-6-2-1-3-8-4-5-9-10(7-8)12(15)16-11(9)14/h1,3-7H,2H2. The fourth-order valence-electron chi connectivity index (χ4n) is 1.47. The largest absolute Gasteiger partial charge is 0.386 e. The number of hydrogen-bond acceptors (Lipinski definition) is 4.